The number of Topliss-reactive ketones (excluding diaryl/α,β-unsaturated/α-hetero) is 1. The molecule has 0 aliphatic carbocycles. The SMILES string of the molecule is O=C(O[C@@H](C(=O)O)[C@H](O)[C@H](O)[C@@H](O)[C@H](O)CO)C(=O)[C@H](O)[C@@H](O)[C@H](O)[C@H](O)CO. The van der Waals surface area contributed by atoms with Crippen molar-refractivity contribution in [3.05, 3.63) is 0 Å². The number of hydrogen-bond acceptors (Lipinski definition) is 14. The third-order valence-electron chi connectivity index (χ3n) is 3.79. The van der Waals surface area contributed by atoms with Crippen LogP contribution in [0.15, 0.2) is 0 Å². The Bertz CT molecular complexity index is 553. The second-order valence-electron chi connectivity index (χ2n) is 5.93. The summed E-state index contributed by atoms with van der Waals surface area (Å²) in [5.41, 5.74) is 0. The Labute approximate surface area is 162 Å². The monoisotopic (exact) mass is 432 g/mol. The first kappa shape index (κ1) is 27.2. The van der Waals surface area contributed by atoms with Gasteiger partial charge in [-0.3, -0.25) is 4.79 Å². The Morgan fingerprint density at radius 1 is 0.655 bits per heavy atom. The van der Waals surface area contributed by atoms with Gasteiger partial charge in [0.25, 0.3) is 5.78 Å². The van der Waals surface area contributed by atoms with Gasteiger partial charge in [0.1, 0.15) is 42.7 Å². The van der Waals surface area contributed by atoms with Gasteiger partial charge in [0, 0.05) is 0 Å². The minimum atomic E-state index is -2.74. The van der Waals surface area contributed by atoms with E-state index in [1.54, 1.807) is 0 Å². The van der Waals surface area contributed by atoms with Crippen LogP contribution in [-0.2, 0) is 19.1 Å². The average molecular weight is 432 g/mol. The highest BCUT2D eigenvalue weighted by Crippen LogP contribution is 2.13. The van der Waals surface area contributed by atoms with Gasteiger partial charge >= 0.3 is 11.9 Å². The summed E-state index contributed by atoms with van der Waals surface area (Å²) < 4.78 is 4.14. The summed E-state index contributed by atoms with van der Waals surface area (Å²) in [5, 5.41) is 102. The zero-order valence-corrected chi connectivity index (χ0v) is 14.7. The zero-order valence-electron chi connectivity index (χ0n) is 14.7. The molecule has 0 amide bonds. The molecule has 0 aromatic rings. The van der Waals surface area contributed by atoms with Gasteiger partial charge in [0.05, 0.1) is 13.2 Å². The van der Waals surface area contributed by atoms with E-state index in [0.29, 0.717) is 0 Å². The minimum absolute atomic E-state index is 1.09. The number of carbonyl (C=O) groups excluding carboxylic acids is 2. The number of ether oxygens (including phenoxy) is 1. The van der Waals surface area contributed by atoms with E-state index in [9.17, 15) is 50.1 Å². The number of carboxylic acid groups (broad SMARTS) is 1. The van der Waals surface area contributed by atoms with E-state index in [1.807, 2.05) is 0 Å². The molecule has 0 saturated heterocycles. The van der Waals surface area contributed by atoms with Crippen molar-refractivity contribution in [2.24, 2.45) is 0 Å². The van der Waals surface area contributed by atoms with Gasteiger partial charge in [-0.1, -0.05) is 0 Å². The standard InChI is InChI=1S/C14H24O15/c15-1-3(17)5(19)7(21)9(23)11(25)14(28)29-12(13(26)27)10(24)8(22)6(20)4(18)2-16/h3-10,12,15-24H,1-2H2,(H,26,27)/t3-,4-,5-,6+,7+,8-,9-,10-,12-/m1/s1. The van der Waals surface area contributed by atoms with Gasteiger partial charge in [-0.2, -0.15) is 0 Å². The van der Waals surface area contributed by atoms with Crippen molar-refractivity contribution in [1.82, 2.24) is 0 Å². The van der Waals surface area contributed by atoms with Crippen molar-refractivity contribution in [3.63, 3.8) is 0 Å². The summed E-state index contributed by atoms with van der Waals surface area (Å²) in [6.07, 6.45) is -21.6. The molecule has 9 atom stereocenters. The van der Waals surface area contributed by atoms with Crippen LogP contribution < -0.4 is 0 Å². The number of aliphatic hydroxyl groups excluding tert-OH is 10. The number of aliphatic hydroxyl groups is 10. The second-order valence-corrected chi connectivity index (χ2v) is 5.93. The second kappa shape index (κ2) is 12.0. The van der Waals surface area contributed by atoms with Gasteiger partial charge < -0.3 is 60.9 Å². The van der Waals surface area contributed by atoms with Crippen LogP contribution in [0.2, 0.25) is 0 Å². The molecule has 15 nitrogen and oxygen atoms in total. The fourth-order valence-electron chi connectivity index (χ4n) is 1.95. The van der Waals surface area contributed by atoms with E-state index in [2.05, 4.69) is 4.74 Å². The lowest BCUT2D eigenvalue weighted by atomic mass is 9.98. The molecule has 29 heavy (non-hydrogen) atoms. The van der Waals surface area contributed by atoms with Crippen molar-refractivity contribution in [3.8, 4) is 0 Å². The molecule has 170 valence electrons. The molecule has 15 heteroatoms. The highest BCUT2D eigenvalue weighted by atomic mass is 16.6. The molecule has 0 fully saturated rings. The summed E-state index contributed by atoms with van der Waals surface area (Å²) in [6.45, 7) is -2.18. The molecule has 0 aromatic carbocycles. The quantitative estimate of drug-likeness (QED) is 0.0951. The van der Waals surface area contributed by atoms with Gasteiger partial charge in [-0.25, -0.2) is 9.59 Å². The Morgan fingerprint density at radius 2 is 1.07 bits per heavy atom. The maximum absolute atomic E-state index is 11.7. The first-order chi connectivity index (χ1) is 13.3. The Kier molecular flexibility index (Phi) is 11.3. The van der Waals surface area contributed by atoms with E-state index < -0.39 is 85.9 Å². The number of rotatable bonds is 13. The average Bonchev–Trinajstić information content (AvgIpc) is 2.71. The molecule has 0 aliphatic heterocycles. The number of aliphatic carboxylic acids is 1. The Morgan fingerprint density at radius 3 is 1.45 bits per heavy atom. The number of carbonyl (C=O) groups is 3. The third kappa shape index (κ3) is 7.19. The van der Waals surface area contributed by atoms with E-state index in [0.717, 1.165) is 0 Å². The highest BCUT2D eigenvalue weighted by molar-refractivity contribution is 6.35. The largest absolute Gasteiger partial charge is 0.478 e. The normalized spacial score (nSPS) is 21.0. The van der Waals surface area contributed by atoms with Crippen molar-refractivity contribution < 1.29 is 75.3 Å². The summed E-state index contributed by atoms with van der Waals surface area (Å²) in [6, 6.07) is 0. The topological polar surface area (TPSA) is 283 Å². The zero-order chi connectivity index (χ0) is 23.0. The summed E-state index contributed by atoms with van der Waals surface area (Å²) in [5.74, 6) is -6.31. The first-order valence-corrected chi connectivity index (χ1v) is 7.95. The fraction of sp³-hybridized carbons (Fsp3) is 0.786. The molecular formula is C14H24O15. The predicted molar refractivity (Wildman–Crippen MR) is 84.7 cm³/mol. The molecule has 11 N–H and O–H groups in total. The van der Waals surface area contributed by atoms with Crippen molar-refractivity contribution in [2.75, 3.05) is 13.2 Å². The molecule has 0 rings (SSSR count). The van der Waals surface area contributed by atoms with Crippen LogP contribution in [0.3, 0.4) is 0 Å². The molecule has 0 saturated carbocycles. The molecule has 0 spiro atoms. The van der Waals surface area contributed by atoms with E-state index >= 15 is 0 Å². The molecular weight excluding hydrogens is 408 g/mol. The molecule has 0 heterocycles. The van der Waals surface area contributed by atoms with Crippen LogP contribution in [0.5, 0.6) is 0 Å². The fourth-order valence-corrected chi connectivity index (χ4v) is 1.95. The smallest absolute Gasteiger partial charge is 0.378 e. The minimum Gasteiger partial charge on any atom is -0.478 e. The lowest BCUT2D eigenvalue weighted by Crippen LogP contribution is -2.54. The maximum Gasteiger partial charge on any atom is 0.378 e. The number of hydrogen-bond donors (Lipinski definition) is 11. The van der Waals surface area contributed by atoms with Crippen molar-refractivity contribution in [1.29, 1.82) is 0 Å². The molecule has 0 bridgehead atoms. The maximum atomic E-state index is 11.7. The molecule has 0 aliphatic rings. The molecule has 0 aromatic heterocycles. The van der Waals surface area contributed by atoms with Crippen LogP contribution in [0, 0.1) is 0 Å². The summed E-state index contributed by atoms with van der Waals surface area (Å²) >= 11 is 0. The van der Waals surface area contributed by atoms with Gasteiger partial charge in [-0.05, 0) is 0 Å². The van der Waals surface area contributed by atoms with Gasteiger partial charge in [0.2, 0.25) is 6.10 Å². The lowest BCUT2D eigenvalue weighted by Gasteiger charge is -2.29. The van der Waals surface area contributed by atoms with E-state index in [4.69, 9.17) is 20.4 Å². The summed E-state index contributed by atoms with van der Waals surface area (Å²) in [4.78, 5) is 34.6. The first-order valence-electron chi connectivity index (χ1n) is 7.95. The third-order valence-corrected chi connectivity index (χ3v) is 3.79. The lowest BCUT2D eigenvalue weighted by molar-refractivity contribution is -0.189. The number of esters is 1. The predicted octanol–water partition coefficient (Wildman–Crippen LogP) is -7.58. The van der Waals surface area contributed by atoms with Crippen LogP contribution in [0.1, 0.15) is 0 Å². The van der Waals surface area contributed by atoms with E-state index in [1.165, 1.54) is 0 Å². The van der Waals surface area contributed by atoms with E-state index in [-0.39, 0.29) is 0 Å². The summed E-state index contributed by atoms with van der Waals surface area (Å²) in [7, 11) is 0. The van der Waals surface area contributed by atoms with Crippen LogP contribution in [-0.4, -0.2) is 142 Å². The highest BCUT2D eigenvalue weighted by Gasteiger charge is 2.43. The van der Waals surface area contributed by atoms with Crippen LogP contribution in [0.4, 0.5) is 0 Å². The van der Waals surface area contributed by atoms with Crippen molar-refractivity contribution in [2.45, 2.75) is 54.9 Å². The van der Waals surface area contributed by atoms with Crippen LogP contribution in [0.25, 0.3) is 0 Å². The molecule has 0 radical (unpaired) electrons. The Balaban J connectivity index is 5.27. The van der Waals surface area contributed by atoms with Crippen molar-refractivity contribution >= 4 is 17.7 Å². The van der Waals surface area contributed by atoms with Crippen LogP contribution >= 0.6 is 0 Å². The van der Waals surface area contributed by atoms with Gasteiger partial charge in [-0.15, -0.1) is 0 Å². The molecule has 0 unspecified atom stereocenters. The number of carboxylic acids is 1. The Hall–Kier alpha value is -1.79. The number of ketones is 1. The van der Waals surface area contributed by atoms with Gasteiger partial charge in [0.15, 0.2) is 6.10 Å².